The molecule has 5 heteroatoms. The monoisotopic (exact) mass is 380 g/mol. The highest BCUT2D eigenvalue weighted by Crippen LogP contribution is 2.29. The van der Waals surface area contributed by atoms with Crippen LogP contribution in [0.25, 0.3) is 0 Å². The van der Waals surface area contributed by atoms with Crippen molar-refractivity contribution in [3.8, 4) is 0 Å². The number of aromatic nitrogens is 1. The van der Waals surface area contributed by atoms with E-state index in [0.29, 0.717) is 5.56 Å². The van der Waals surface area contributed by atoms with Crippen molar-refractivity contribution in [3.05, 3.63) is 82.2 Å². The van der Waals surface area contributed by atoms with Gasteiger partial charge < -0.3 is 9.84 Å². The van der Waals surface area contributed by atoms with E-state index in [4.69, 9.17) is 4.52 Å². The number of carbonyl (C=O) groups excluding carboxylic acids is 1. The second-order valence-electron chi connectivity index (χ2n) is 6.69. The minimum atomic E-state index is -0.0649. The average molecular weight is 381 g/mol. The van der Waals surface area contributed by atoms with Crippen LogP contribution in [0.3, 0.4) is 0 Å². The Morgan fingerprint density at radius 2 is 1.81 bits per heavy atom. The SMILES string of the molecule is Cc1ccc(C(C)NC(=O)c2ccccc2SCc2c(C)noc2C)cc1. The largest absolute Gasteiger partial charge is 0.361 e. The van der Waals surface area contributed by atoms with Gasteiger partial charge in [0.25, 0.3) is 5.91 Å². The molecule has 140 valence electrons. The maximum atomic E-state index is 12.9. The van der Waals surface area contributed by atoms with Gasteiger partial charge in [-0.2, -0.15) is 0 Å². The molecule has 0 aliphatic heterocycles. The maximum absolute atomic E-state index is 12.9. The van der Waals surface area contributed by atoms with Gasteiger partial charge in [-0.3, -0.25) is 4.79 Å². The van der Waals surface area contributed by atoms with E-state index in [1.54, 1.807) is 11.8 Å². The van der Waals surface area contributed by atoms with E-state index in [2.05, 4.69) is 41.7 Å². The Labute approximate surface area is 164 Å². The Balaban J connectivity index is 1.72. The number of nitrogens with one attached hydrogen (secondary N) is 1. The van der Waals surface area contributed by atoms with E-state index < -0.39 is 0 Å². The zero-order chi connectivity index (χ0) is 19.4. The summed E-state index contributed by atoms with van der Waals surface area (Å²) in [5.41, 5.74) is 4.97. The molecule has 0 aliphatic carbocycles. The highest BCUT2D eigenvalue weighted by Gasteiger charge is 2.16. The standard InChI is InChI=1S/C22H24N2O2S/c1-14-9-11-18(12-10-14)15(2)23-22(25)19-7-5-6-8-21(19)27-13-20-16(3)24-26-17(20)4/h5-12,15H,13H2,1-4H3,(H,23,25). The third kappa shape index (κ3) is 4.61. The van der Waals surface area contributed by atoms with E-state index in [9.17, 15) is 4.79 Å². The summed E-state index contributed by atoms with van der Waals surface area (Å²) in [6.45, 7) is 7.91. The van der Waals surface area contributed by atoms with Gasteiger partial charge in [0.1, 0.15) is 5.76 Å². The van der Waals surface area contributed by atoms with Crippen LogP contribution in [0.15, 0.2) is 57.9 Å². The third-order valence-corrected chi connectivity index (χ3v) is 5.71. The Morgan fingerprint density at radius 1 is 1.11 bits per heavy atom. The fourth-order valence-electron chi connectivity index (χ4n) is 2.85. The van der Waals surface area contributed by atoms with Crippen molar-refractivity contribution in [2.75, 3.05) is 0 Å². The van der Waals surface area contributed by atoms with Crippen molar-refractivity contribution in [1.82, 2.24) is 10.5 Å². The second kappa shape index (κ2) is 8.44. The summed E-state index contributed by atoms with van der Waals surface area (Å²) in [4.78, 5) is 13.8. The Hall–Kier alpha value is -2.53. The zero-order valence-electron chi connectivity index (χ0n) is 16.1. The van der Waals surface area contributed by atoms with Crippen LogP contribution in [-0.4, -0.2) is 11.1 Å². The number of hydrogen-bond donors (Lipinski definition) is 1. The highest BCUT2D eigenvalue weighted by molar-refractivity contribution is 7.98. The van der Waals surface area contributed by atoms with E-state index in [-0.39, 0.29) is 11.9 Å². The van der Waals surface area contributed by atoms with Crippen LogP contribution < -0.4 is 5.32 Å². The molecular weight excluding hydrogens is 356 g/mol. The lowest BCUT2D eigenvalue weighted by Gasteiger charge is -2.16. The summed E-state index contributed by atoms with van der Waals surface area (Å²) in [7, 11) is 0. The molecule has 0 aliphatic rings. The van der Waals surface area contributed by atoms with E-state index in [1.807, 2.05) is 45.0 Å². The molecule has 1 unspecified atom stereocenters. The van der Waals surface area contributed by atoms with E-state index in [0.717, 1.165) is 33.2 Å². The normalized spacial score (nSPS) is 12.0. The zero-order valence-corrected chi connectivity index (χ0v) is 16.9. The maximum Gasteiger partial charge on any atom is 0.252 e. The molecule has 0 bridgehead atoms. The number of thioether (sulfide) groups is 1. The number of aryl methyl sites for hydroxylation is 3. The lowest BCUT2D eigenvalue weighted by Crippen LogP contribution is -2.27. The van der Waals surface area contributed by atoms with Crippen molar-refractivity contribution >= 4 is 17.7 Å². The minimum Gasteiger partial charge on any atom is -0.361 e. The summed E-state index contributed by atoms with van der Waals surface area (Å²) in [6, 6.07) is 15.9. The molecule has 1 aromatic heterocycles. The first-order valence-electron chi connectivity index (χ1n) is 8.96. The Kier molecular flexibility index (Phi) is 6.01. The highest BCUT2D eigenvalue weighted by atomic mass is 32.2. The summed E-state index contributed by atoms with van der Waals surface area (Å²) in [5.74, 6) is 1.48. The molecule has 0 fully saturated rings. The number of carbonyl (C=O) groups is 1. The number of nitrogens with zero attached hydrogens (tertiary/aromatic N) is 1. The van der Waals surface area contributed by atoms with Gasteiger partial charge in [-0.05, 0) is 45.4 Å². The smallest absolute Gasteiger partial charge is 0.252 e. The topological polar surface area (TPSA) is 55.1 Å². The molecule has 1 N–H and O–H groups in total. The van der Waals surface area contributed by atoms with Gasteiger partial charge in [0, 0.05) is 16.2 Å². The molecule has 1 atom stereocenters. The molecule has 27 heavy (non-hydrogen) atoms. The molecule has 0 radical (unpaired) electrons. The third-order valence-electron chi connectivity index (χ3n) is 4.61. The van der Waals surface area contributed by atoms with Crippen molar-refractivity contribution in [2.24, 2.45) is 0 Å². The first-order chi connectivity index (χ1) is 13.0. The van der Waals surface area contributed by atoms with E-state index >= 15 is 0 Å². The Morgan fingerprint density at radius 3 is 2.48 bits per heavy atom. The van der Waals surface area contributed by atoms with Gasteiger partial charge >= 0.3 is 0 Å². The summed E-state index contributed by atoms with van der Waals surface area (Å²) < 4.78 is 5.23. The van der Waals surface area contributed by atoms with Gasteiger partial charge in [0.2, 0.25) is 0 Å². The van der Waals surface area contributed by atoms with Crippen LogP contribution in [0.5, 0.6) is 0 Å². The fraction of sp³-hybridized carbons (Fsp3) is 0.273. The van der Waals surface area contributed by atoms with Gasteiger partial charge in [-0.1, -0.05) is 47.1 Å². The minimum absolute atomic E-state index is 0.0567. The molecule has 0 saturated carbocycles. The molecule has 1 heterocycles. The molecule has 1 amide bonds. The van der Waals surface area contributed by atoms with Gasteiger partial charge in [-0.25, -0.2) is 0 Å². The van der Waals surface area contributed by atoms with Crippen molar-refractivity contribution in [1.29, 1.82) is 0 Å². The average Bonchev–Trinajstić information content (AvgIpc) is 2.98. The first-order valence-corrected chi connectivity index (χ1v) is 9.95. The van der Waals surface area contributed by atoms with Crippen molar-refractivity contribution in [2.45, 2.75) is 44.4 Å². The molecule has 0 spiro atoms. The van der Waals surface area contributed by atoms with Crippen molar-refractivity contribution in [3.63, 3.8) is 0 Å². The lowest BCUT2D eigenvalue weighted by molar-refractivity contribution is 0.0937. The number of amides is 1. The van der Waals surface area contributed by atoms with Crippen LogP contribution >= 0.6 is 11.8 Å². The van der Waals surface area contributed by atoms with Crippen LogP contribution in [-0.2, 0) is 5.75 Å². The molecule has 3 rings (SSSR count). The van der Waals surface area contributed by atoms with Gasteiger partial charge in [0.15, 0.2) is 0 Å². The lowest BCUT2D eigenvalue weighted by atomic mass is 10.1. The van der Waals surface area contributed by atoms with Gasteiger partial charge in [0.05, 0.1) is 17.3 Å². The van der Waals surface area contributed by atoms with Gasteiger partial charge in [-0.15, -0.1) is 11.8 Å². The second-order valence-corrected chi connectivity index (χ2v) is 7.71. The molecule has 4 nitrogen and oxygen atoms in total. The summed E-state index contributed by atoms with van der Waals surface area (Å²) in [6.07, 6.45) is 0. The molecule has 3 aromatic rings. The van der Waals surface area contributed by atoms with Crippen LogP contribution in [0.4, 0.5) is 0 Å². The van der Waals surface area contributed by atoms with Crippen LogP contribution in [0.2, 0.25) is 0 Å². The molecular formula is C22H24N2O2S. The number of rotatable bonds is 6. The predicted molar refractivity (Wildman–Crippen MR) is 109 cm³/mol. The first kappa shape index (κ1) is 19.2. The molecule has 2 aromatic carbocycles. The summed E-state index contributed by atoms with van der Waals surface area (Å²) in [5, 5.41) is 7.10. The fourth-order valence-corrected chi connectivity index (χ4v) is 4.05. The van der Waals surface area contributed by atoms with Crippen LogP contribution in [0.1, 0.15) is 51.5 Å². The summed E-state index contributed by atoms with van der Waals surface area (Å²) >= 11 is 1.63. The van der Waals surface area contributed by atoms with E-state index in [1.165, 1.54) is 5.56 Å². The number of benzene rings is 2. The molecule has 0 saturated heterocycles. The van der Waals surface area contributed by atoms with Crippen LogP contribution in [0, 0.1) is 20.8 Å². The predicted octanol–water partition coefficient (Wildman–Crippen LogP) is 5.38. The number of hydrogen-bond acceptors (Lipinski definition) is 4. The quantitative estimate of drug-likeness (QED) is 0.583. The van der Waals surface area contributed by atoms with Crippen molar-refractivity contribution < 1.29 is 9.32 Å². The Bertz CT molecular complexity index is 912.